The lowest BCUT2D eigenvalue weighted by Gasteiger charge is -2.24. The molecule has 336 valence electrons. The Hall–Kier alpha value is -2.29. The first-order valence-electron chi connectivity index (χ1n) is 23.0. The number of hydrogen-bond acceptors (Lipinski definition) is 7. The summed E-state index contributed by atoms with van der Waals surface area (Å²) in [7, 11) is 1.44. The molecule has 10 heteroatoms. The first-order valence-corrected chi connectivity index (χ1v) is 24.5. The molecule has 9 nitrogen and oxygen atoms in total. The summed E-state index contributed by atoms with van der Waals surface area (Å²) in [5.74, 6) is -0.851. The van der Waals surface area contributed by atoms with E-state index in [9.17, 15) is 19.0 Å². The fourth-order valence-electron chi connectivity index (χ4n) is 5.87. The second-order valence-corrected chi connectivity index (χ2v) is 17.9. The lowest BCUT2D eigenvalue weighted by atomic mass is 10.1. The third-order valence-corrected chi connectivity index (χ3v) is 10.5. The number of carbonyl (C=O) groups excluding carboxylic acids is 2. The van der Waals surface area contributed by atoms with Crippen LogP contribution in [-0.4, -0.2) is 74.9 Å². The van der Waals surface area contributed by atoms with Gasteiger partial charge < -0.3 is 18.9 Å². The maximum atomic E-state index is 12.7. The van der Waals surface area contributed by atoms with E-state index in [0.717, 1.165) is 64.2 Å². The number of quaternary nitrogens is 1. The Bertz CT molecular complexity index is 1170. The van der Waals surface area contributed by atoms with Gasteiger partial charge in [0.05, 0.1) is 27.7 Å². The average molecular weight is 837 g/mol. The van der Waals surface area contributed by atoms with E-state index in [0.29, 0.717) is 17.4 Å². The number of likely N-dealkylation sites (N-methyl/N-ethyl adjacent to an activating group) is 1. The van der Waals surface area contributed by atoms with Crippen LogP contribution < -0.4 is 0 Å². The number of nitrogens with zero attached hydrogens (tertiary/aromatic N) is 1. The summed E-state index contributed by atoms with van der Waals surface area (Å²) in [5, 5.41) is 0. The van der Waals surface area contributed by atoms with E-state index in [1.54, 1.807) is 0 Å². The minimum atomic E-state index is -4.39. The standard InChI is InChI=1S/C48H86NO8P/c1-6-8-10-12-14-16-18-20-22-23-24-25-27-28-30-32-34-36-38-40-47(50)54-44-46(45-56-58(52,53)55-43-42-49(3,4)5)57-48(51)41-39-37-35-33-31-29-26-21-19-17-15-13-11-9-7-2/h14-17,20-22,26,31,33,46H,6-13,18-19,23-25,27-30,32,34-45H2,1-5H3/p+1/b16-14-,17-15-,22-20-,26-21-,33-31-/t46-/m1/s1. The van der Waals surface area contributed by atoms with Gasteiger partial charge in [-0.1, -0.05) is 145 Å². The molecule has 0 bridgehead atoms. The van der Waals surface area contributed by atoms with Crippen LogP contribution in [0.3, 0.4) is 0 Å². The molecule has 0 aromatic carbocycles. The van der Waals surface area contributed by atoms with Crippen molar-refractivity contribution in [2.45, 2.75) is 187 Å². The Kier molecular flexibility index (Phi) is 38.5. The van der Waals surface area contributed by atoms with Crippen molar-refractivity contribution < 1.29 is 42.1 Å². The van der Waals surface area contributed by atoms with Gasteiger partial charge in [0.25, 0.3) is 0 Å². The maximum Gasteiger partial charge on any atom is 0.472 e. The van der Waals surface area contributed by atoms with Gasteiger partial charge in [-0.15, -0.1) is 0 Å². The van der Waals surface area contributed by atoms with Gasteiger partial charge in [0.15, 0.2) is 6.10 Å². The second kappa shape index (κ2) is 40.1. The van der Waals surface area contributed by atoms with Gasteiger partial charge >= 0.3 is 19.8 Å². The molecule has 1 N–H and O–H groups in total. The number of rotatable bonds is 41. The first-order chi connectivity index (χ1) is 28.0. The van der Waals surface area contributed by atoms with Crippen molar-refractivity contribution in [3.05, 3.63) is 60.8 Å². The van der Waals surface area contributed by atoms with Gasteiger partial charge in [-0.2, -0.15) is 0 Å². The fourth-order valence-corrected chi connectivity index (χ4v) is 6.61. The molecule has 0 radical (unpaired) electrons. The molecule has 0 amide bonds. The highest BCUT2D eigenvalue weighted by Gasteiger charge is 2.27. The number of esters is 2. The third-order valence-electron chi connectivity index (χ3n) is 9.52. The molecule has 0 aromatic rings. The van der Waals surface area contributed by atoms with Crippen LogP contribution in [0.15, 0.2) is 60.8 Å². The number of ether oxygens (including phenoxy) is 2. The van der Waals surface area contributed by atoms with Gasteiger partial charge in [0.2, 0.25) is 0 Å². The zero-order valence-corrected chi connectivity index (χ0v) is 38.7. The molecule has 0 saturated heterocycles. The van der Waals surface area contributed by atoms with Crippen LogP contribution in [0.4, 0.5) is 0 Å². The third kappa shape index (κ3) is 43.3. The van der Waals surface area contributed by atoms with Crippen molar-refractivity contribution in [1.82, 2.24) is 0 Å². The fraction of sp³-hybridized carbons (Fsp3) is 0.750. The largest absolute Gasteiger partial charge is 0.472 e. The van der Waals surface area contributed by atoms with Crippen molar-refractivity contribution in [2.24, 2.45) is 0 Å². The van der Waals surface area contributed by atoms with E-state index in [2.05, 4.69) is 74.6 Å². The van der Waals surface area contributed by atoms with Gasteiger partial charge in [0, 0.05) is 12.8 Å². The summed E-state index contributed by atoms with van der Waals surface area (Å²) < 4.78 is 34.3. The van der Waals surface area contributed by atoms with Crippen LogP contribution in [-0.2, 0) is 32.7 Å². The van der Waals surface area contributed by atoms with Gasteiger partial charge in [-0.3, -0.25) is 18.6 Å². The highest BCUT2D eigenvalue weighted by atomic mass is 31.2. The molecule has 58 heavy (non-hydrogen) atoms. The number of carbonyl (C=O) groups is 2. The van der Waals surface area contributed by atoms with Crippen molar-refractivity contribution >= 4 is 19.8 Å². The predicted molar refractivity (Wildman–Crippen MR) is 243 cm³/mol. The van der Waals surface area contributed by atoms with Crippen LogP contribution in [0.25, 0.3) is 0 Å². The Morgan fingerprint density at radius 2 is 0.931 bits per heavy atom. The molecule has 1 unspecified atom stereocenters. The molecular weight excluding hydrogens is 750 g/mol. The second-order valence-electron chi connectivity index (χ2n) is 16.4. The Labute approximate surface area is 356 Å². The molecule has 0 aliphatic rings. The smallest absolute Gasteiger partial charge is 0.462 e. The molecular formula is C48H87NO8P+. The first kappa shape index (κ1) is 55.7. The van der Waals surface area contributed by atoms with E-state index in [-0.39, 0.29) is 32.0 Å². The van der Waals surface area contributed by atoms with E-state index in [1.165, 1.54) is 83.5 Å². The molecule has 0 fully saturated rings. The Morgan fingerprint density at radius 3 is 1.41 bits per heavy atom. The predicted octanol–water partition coefficient (Wildman–Crippen LogP) is 13.2. The molecule has 0 spiro atoms. The summed E-state index contributed by atoms with van der Waals surface area (Å²) in [6, 6.07) is 0. The number of phosphoric ester groups is 1. The lowest BCUT2D eigenvalue weighted by Crippen LogP contribution is -2.37. The number of allylic oxidation sites excluding steroid dienone is 10. The number of phosphoric acid groups is 1. The van der Waals surface area contributed by atoms with E-state index < -0.39 is 26.5 Å². The monoisotopic (exact) mass is 837 g/mol. The van der Waals surface area contributed by atoms with Gasteiger partial charge in [-0.25, -0.2) is 4.57 Å². The molecule has 0 rings (SSSR count). The van der Waals surface area contributed by atoms with Crippen LogP contribution in [0, 0.1) is 0 Å². The Balaban J connectivity index is 4.38. The SMILES string of the molecule is CCCCC/C=C\C/C=C\C/C=C\CCCCC(=O)O[C@H](COC(=O)CCCCCCCCCCC/C=C\C/C=C\CCCCC)COP(=O)(O)OCC[N+](C)(C)C. The maximum absolute atomic E-state index is 12.7. The topological polar surface area (TPSA) is 108 Å². The van der Waals surface area contributed by atoms with E-state index in [4.69, 9.17) is 18.5 Å². The molecule has 0 aliphatic carbocycles. The highest BCUT2D eigenvalue weighted by molar-refractivity contribution is 7.47. The number of unbranched alkanes of at least 4 members (excludes halogenated alkanes) is 17. The van der Waals surface area contributed by atoms with Crippen molar-refractivity contribution in [3.8, 4) is 0 Å². The summed E-state index contributed by atoms with van der Waals surface area (Å²) in [6.07, 6.45) is 48.4. The lowest BCUT2D eigenvalue weighted by molar-refractivity contribution is -0.870. The molecule has 0 saturated carbocycles. The Morgan fingerprint density at radius 1 is 0.534 bits per heavy atom. The van der Waals surface area contributed by atoms with E-state index >= 15 is 0 Å². The minimum Gasteiger partial charge on any atom is -0.462 e. The molecule has 2 atom stereocenters. The van der Waals surface area contributed by atoms with Crippen LogP contribution in [0.1, 0.15) is 181 Å². The van der Waals surface area contributed by atoms with Crippen LogP contribution in [0.2, 0.25) is 0 Å². The number of hydrogen-bond donors (Lipinski definition) is 1. The van der Waals surface area contributed by atoms with Crippen molar-refractivity contribution in [3.63, 3.8) is 0 Å². The van der Waals surface area contributed by atoms with Crippen molar-refractivity contribution in [2.75, 3.05) is 47.5 Å². The summed E-state index contributed by atoms with van der Waals surface area (Å²) in [6.45, 7) is 4.31. The molecule has 0 heterocycles. The average Bonchev–Trinajstić information content (AvgIpc) is 3.17. The highest BCUT2D eigenvalue weighted by Crippen LogP contribution is 2.43. The summed E-state index contributed by atoms with van der Waals surface area (Å²) in [4.78, 5) is 35.4. The quantitative estimate of drug-likeness (QED) is 0.0213. The van der Waals surface area contributed by atoms with Crippen LogP contribution >= 0.6 is 7.82 Å². The molecule has 0 aliphatic heterocycles. The summed E-state index contributed by atoms with van der Waals surface area (Å²) in [5.41, 5.74) is 0. The normalized spacial score (nSPS) is 14.1. The van der Waals surface area contributed by atoms with Crippen LogP contribution in [0.5, 0.6) is 0 Å². The van der Waals surface area contributed by atoms with E-state index in [1.807, 2.05) is 21.1 Å². The zero-order valence-electron chi connectivity index (χ0n) is 37.8. The van der Waals surface area contributed by atoms with Gasteiger partial charge in [0.1, 0.15) is 19.8 Å². The molecule has 0 aromatic heterocycles. The summed E-state index contributed by atoms with van der Waals surface area (Å²) >= 11 is 0. The minimum absolute atomic E-state index is 0.0214. The van der Waals surface area contributed by atoms with Gasteiger partial charge in [-0.05, 0) is 83.5 Å². The zero-order chi connectivity index (χ0) is 42.8. The van der Waals surface area contributed by atoms with Crippen molar-refractivity contribution in [1.29, 1.82) is 0 Å².